The first kappa shape index (κ1) is 17.5. The Balaban J connectivity index is 0. The molecule has 0 aromatic heterocycles. The van der Waals surface area contributed by atoms with Crippen LogP contribution >= 0.6 is 0 Å². The Morgan fingerprint density at radius 3 is 2.13 bits per heavy atom. The Morgan fingerprint density at radius 1 is 1.27 bits per heavy atom. The summed E-state index contributed by atoms with van der Waals surface area (Å²) in [4.78, 5) is -0.00741. The van der Waals surface area contributed by atoms with Gasteiger partial charge in [0.1, 0.15) is 10.0 Å². The van der Waals surface area contributed by atoms with Gasteiger partial charge in [-0.25, -0.2) is 14.3 Å². The smallest absolute Gasteiger partial charge is 0.889 e. The first-order valence-electron chi connectivity index (χ1n) is 3.41. The number of hydrogen-bond donors (Lipinski definition) is 0. The second-order valence-corrected chi connectivity index (χ2v) is 3.88. The van der Waals surface area contributed by atoms with Crippen molar-refractivity contribution >= 4 is 10.0 Å². The van der Waals surface area contributed by atoms with Gasteiger partial charge >= 0.3 is 48.4 Å². The second-order valence-electron chi connectivity index (χ2n) is 2.27. The van der Waals surface area contributed by atoms with E-state index in [1.807, 2.05) is 0 Å². The van der Waals surface area contributed by atoms with E-state index < -0.39 is 15.9 Å². The van der Waals surface area contributed by atoms with Crippen molar-refractivity contribution in [2.75, 3.05) is 0 Å². The van der Waals surface area contributed by atoms with Crippen molar-refractivity contribution in [3.8, 4) is 0 Å². The number of hydrogen-bond acceptors (Lipinski definition) is 3. The molecule has 0 amide bonds. The fourth-order valence-corrected chi connectivity index (χ4v) is 1.65. The summed E-state index contributed by atoms with van der Waals surface area (Å²) >= 11 is 0. The van der Waals surface area contributed by atoms with Crippen LogP contribution in [0.2, 0.25) is 0 Å². The SMILES string of the molecule is C=C([O-])[N-]S(=O)(=O)c1ccccc1.[Li+].[Na+]. The third kappa shape index (κ3) is 5.66. The average molecular weight is 227 g/mol. The van der Waals surface area contributed by atoms with Crippen LogP contribution in [0.25, 0.3) is 4.72 Å². The Morgan fingerprint density at radius 2 is 1.73 bits per heavy atom. The van der Waals surface area contributed by atoms with Crippen LogP contribution in [0.15, 0.2) is 47.7 Å². The van der Waals surface area contributed by atoms with Crippen LogP contribution in [0.5, 0.6) is 0 Å². The zero-order valence-corrected chi connectivity index (χ0v) is 11.5. The molecule has 0 radical (unpaired) electrons. The van der Waals surface area contributed by atoms with Crippen LogP contribution in [0.1, 0.15) is 0 Å². The van der Waals surface area contributed by atoms with Crippen molar-refractivity contribution in [1.82, 2.24) is 0 Å². The van der Waals surface area contributed by atoms with Gasteiger partial charge in [-0.05, 0) is 12.1 Å². The molecule has 0 aliphatic rings. The standard InChI is InChI=1S/C8H8NO3S.Li.Na/c1-7(10)9-13(11,12)8-5-3-2-4-6-8;;/h2-6,10H,1H2;;/q-1;2*+1/p-1. The Kier molecular flexibility index (Phi) is 8.62. The van der Waals surface area contributed by atoms with Crippen LogP contribution in [-0.2, 0) is 10.0 Å². The molecule has 1 rings (SSSR count). The van der Waals surface area contributed by atoms with Crippen molar-refractivity contribution in [1.29, 1.82) is 0 Å². The van der Waals surface area contributed by atoms with Crippen molar-refractivity contribution in [2.45, 2.75) is 4.90 Å². The van der Waals surface area contributed by atoms with Crippen LogP contribution in [0.3, 0.4) is 0 Å². The minimum atomic E-state index is -3.85. The summed E-state index contributed by atoms with van der Waals surface area (Å²) in [6.07, 6.45) is 0. The summed E-state index contributed by atoms with van der Waals surface area (Å²) < 4.78 is 25.3. The van der Waals surface area contributed by atoms with E-state index in [2.05, 4.69) is 11.3 Å². The molecule has 0 heterocycles. The molecule has 0 saturated heterocycles. The maximum absolute atomic E-state index is 11.2. The molecular weight excluding hydrogens is 220 g/mol. The van der Waals surface area contributed by atoms with Gasteiger partial charge in [0.25, 0.3) is 0 Å². The second kappa shape index (κ2) is 7.39. The van der Waals surface area contributed by atoms with Gasteiger partial charge in [0.15, 0.2) is 0 Å². The molecule has 0 fully saturated rings. The molecular formula is C8H7LiNNaO3S. The van der Waals surface area contributed by atoms with E-state index in [1.54, 1.807) is 18.2 Å². The summed E-state index contributed by atoms with van der Waals surface area (Å²) in [5, 5.41) is 10.4. The van der Waals surface area contributed by atoms with Crippen molar-refractivity contribution in [3.63, 3.8) is 0 Å². The van der Waals surface area contributed by atoms with Crippen LogP contribution in [0.4, 0.5) is 0 Å². The van der Waals surface area contributed by atoms with Gasteiger partial charge in [0.05, 0.1) is 4.90 Å². The molecule has 0 unspecified atom stereocenters. The summed E-state index contributed by atoms with van der Waals surface area (Å²) in [6, 6.07) is 7.50. The fourth-order valence-electron chi connectivity index (χ4n) is 0.779. The van der Waals surface area contributed by atoms with E-state index in [4.69, 9.17) is 0 Å². The average Bonchev–Trinajstić information content (AvgIpc) is 2.04. The van der Waals surface area contributed by atoms with Crippen LogP contribution in [0, 0.1) is 0 Å². The normalized spacial score (nSPS) is 9.33. The predicted molar refractivity (Wildman–Crippen MR) is 46.1 cm³/mol. The van der Waals surface area contributed by atoms with Gasteiger partial charge in [-0.2, -0.15) is 0 Å². The molecule has 1 aromatic carbocycles. The topological polar surface area (TPSA) is 71.3 Å². The summed E-state index contributed by atoms with van der Waals surface area (Å²) in [5.41, 5.74) is 0. The maximum Gasteiger partial charge on any atom is 1.00 e. The minimum absolute atomic E-state index is 0. The molecule has 0 atom stereocenters. The summed E-state index contributed by atoms with van der Waals surface area (Å²) in [6.45, 7) is 2.86. The molecule has 70 valence electrons. The van der Waals surface area contributed by atoms with Crippen molar-refractivity contribution in [3.05, 3.63) is 47.5 Å². The zero-order chi connectivity index (χ0) is 9.90. The van der Waals surface area contributed by atoms with Gasteiger partial charge in [-0.3, -0.25) is 0 Å². The van der Waals surface area contributed by atoms with E-state index in [0.717, 1.165) is 0 Å². The van der Waals surface area contributed by atoms with Crippen molar-refractivity contribution < 1.29 is 61.9 Å². The Bertz CT molecular complexity index is 407. The first-order chi connectivity index (χ1) is 6.02. The summed E-state index contributed by atoms with van der Waals surface area (Å²) in [5.74, 6) is -0.969. The number of sulfonamides is 1. The van der Waals surface area contributed by atoms with E-state index in [9.17, 15) is 13.5 Å². The third-order valence-electron chi connectivity index (χ3n) is 1.26. The molecule has 0 spiro atoms. The monoisotopic (exact) mass is 227 g/mol. The number of rotatable bonds is 3. The molecule has 1 aromatic rings. The number of benzene rings is 1. The fraction of sp³-hybridized carbons (Fsp3) is 0. The maximum atomic E-state index is 11.2. The largest absolute Gasteiger partial charge is 1.00 e. The molecule has 0 aliphatic heterocycles. The van der Waals surface area contributed by atoms with Crippen LogP contribution in [-0.4, -0.2) is 8.42 Å². The Hall–Kier alpha value is 0.107. The van der Waals surface area contributed by atoms with E-state index in [0.29, 0.717) is 0 Å². The minimum Gasteiger partial charge on any atom is -0.889 e. The quantitative estimate of drug-likeness (QED) is 0.382. The van der Waals surface area contributed by atoms with E-state index >= 15 is 0 Å². The molecule has 0 bridgehead atoms. The number of nitrogens with zero attached hydrogens (tertiary/aromatic N) is 1. The van der Waals surface area contributed by atoms with E-state index in [-0.39, 0.29) is 53.3 Å². The third-order valence-corrected chi connectivity index (χ3v) is 2.57. The van der Waals surface area contributed by atoms with Gasteiger partial charge in [-0.1, -0.05) is 18.2 Å². The molecule has 15 heavy (non-hydrogen) atoms. The molecule has 7 heteroatoms. The van der Waals surface area contributed by atoms with Gasteiger partial charge in [0, 0.05) is 0 Å². The van der Waals surface area contributed by atoms with E-state index in [1.165, 1.54) is 12.1 Å². The Labute approximate surface area is 123 Å². The van der Waals surface area contributed by atoms with Gasteiger partial charge in [-0.15, -0.1) is 6.58 Å². The van der Waals surface area contributed by atoms with Crippen LogP contribution < -0.4 is 53.5 Å². The zero-order valence-electron chi connectivity index (χ0n) is 8.67. The van der Waals surface area contributed by atoms with Gasteiger partial charge < -0.3 is 9.83 Å². The predicted octanol–water partition coefficient (Wildman–Crippen LogP) is -5.41. The van der Waals surface area contributed by atoms with Gasteiger partial charge in [0.2, 0.25) is 0 Å². The summed E-state index contributed by atoms with van der Waals surface area (Å²) in [7, 11) is -3.85. The molecule has 4 nitrogen and oxygen atoms in total. The first-order valence-corrected chi connectivity index (χ1v) is 4.85. The van der Waals surface area contributed by atoms with Crippen molar-refractivity contribution in [2.24, 2.45) is 0 Å². The molecule has 0 N–H and O–H groups in total. The molecule has 0 saturated carbocycles. The molecule has 0 aliphatic carbocycles.